The molecule has 0 saturated carbocycles. The molecular weight excluding hydrogens is 403 g/mol. The molecule has 1 aliphatic heterocycles. The van der Waals surface area contributed by atoms with Crippen LogP contribution in [0.5, 0.6) is 0 Å². The monoisotopic (exact) mass is 424 g/mol. The number of rotatable bonds is 5. The molecule has 0 radical (unpaired) electrons. The van der Waals surface area contributed by atoms with Gasteiger partial charge in [-0.2, -0.15) is 5.10 Å². The molecule has 0 aliphatic carbocycles. The zero-order valence-electron chi connectivity index (χ0n) is 15.8. The minimum Gasteiger partial charge on any atom is -0.290 e. The van der Waals surface area contributed by atoms with Gasteiger partial charge in [0.15, 0.2) is 5.17 Å². The summed E-state index contributed by atoms with van der Waals surface area (Å²) in [4.78, 5) is 18.7. The predicted molar refractivity (Wildman–Crippen MR) is 113 cm³/mol. The van der Waals surface area contributed by atoms with Crippen LogP contribution >= 0.6 is 35.0 Å². The van der Waals surface area contributed by atoms with E-state index >= 15 is 0 Å². The molecule has 5 nitrogen and oxygen atoms in total. The molecule has 1 amide bonds. The van der Waals surface area contributed by atoms with E-state index in [4.69, 9.17) is 28.2 Å². The number of aliphatic imine (C=N–C) groups is 1. The molecule has 1 aromatic heterocycles. The highest BCUT2D eigenvalue weighted by molar-refractivity contribution is 8.15. The number of halogens is 2. The lowest BCUT2D eigenvalue weighted by atomic mass is 10.2. The second-order valence-electron chi connectivity index (χ2n) is 6.99. The fourth-order valence-electron chi connectivity index (χ4n) is 2.94. The van der Waals surface area contributed by atoms with E-state index in [1.54, 1.807) is 11.0 Å². The highest BCUT2D eigenvalue weighted by atomic mass is 35.5. The first-order valence-corrected chi connectivity index (χ1v) is 10.5. The van der Waals surface area contributed by atoms with Crippen molar-refractivity contribution in [3.05, 3.63) is 45.2 Å². The summed E-state index contributed by atoms with van der Waals surface area (Å²) in [5.74, 6) is 0.941. The van der Waals surface area contributed by atoms with Gasteiger partial charge in [0.1, 0.15) is 5.69 Å². The van der Waals surface area contributed by atoms with Gasteiger partial charge in [0.2, 0.25) is 5.91 Å². The average molecular weight is 425 g/mol. The highest BCUT2D eigenvalue weighted by Crippen LogP contribution is 2.30. The molecule has 1 fully saturated rings. The van der Waals surface area contributed by atoms with Crippen LogP contribution in [0, 0.1) is 19.8 Å². The van der Waals surface area contributed by atoms with Crippen LogP contribution < -0.4 is 0 Å². The average Bonchev–Trinajstić information content (AvgIpc) is 3.05. The van der Waals surface area contributed by atoms with Crippen LogP contribution in [0.4, 0.5) is 5.69 Å². The zero-order valence-corrected chi connectivity index (χ0v) is 18.1. The molecule has 1 aliphatic rings. The third kappa shape index (κ3) is 4.50. The summed E-state index contributed by atoms with van der Waals surface area (Å²) < 4.78 is 1.89. The number of aryl methyl sites for hydroxylation is 1. The summed E-state index contributed by atoms with van der Waals surface area (Å²) >= 11 is 13.8. The number of amidine groups is 1. The largest absolute Gasteiger partial charge is 0.290 e. The predicted octanol–water partition coefficient (Wildman–Crippen LogP) is 5.07. The van der Waals surface area contributed by atoms with Gasteiger partial charge < -0.3 is 0 Å². The van der Waals surface area contributed by atoms with Gasteiger partial charge in [0.25, 0.3) is 0 Å². The van der Waals surface area contributed by atoms with Gasteiger partial charge in [-0.25, -0.2) is 4.99 Å². The number of hydrogen-bond acceptors (Lipinski definition) is 4. The fourth-order valence-corrected chi connectivity index (χ4v) is 4.30. The molecule has 2 heterocycles. The molecule has 27 heavy (non-hydrogen) atoms. The first kappa shape index (κ1) is 20.2. The SMILES string of the molecule is Cc1nn(Cc2ccc(Cl)cc2Cl)c(C)c1N=C1SCC(=O)N1CC(C)C. The molecule has 144 valence electrons. The van der Waals surface area contributed by atoms with Crippen LogP contribution in [0.15, 0.2) is 23.2 Å². The standard InChI is InChI=1S/C19H22Cl2N4OS/c1-11(2)8-24-17(26)10-27-19(24)22-18-12(3)23-25(13(18)4)9-14-5-6-15(20)7-16(14)21/h5-7,11H,8-10H2,1-4H3. The third-order valence-electron chi connectivity index (χ3n) is 4.29. The Morgan fingerprint density at radius 2 is 2.04 bits per heavy atom. The lowest BCUT2D eigenvalue weighted by Crippen LogP contribution is -2.32. The van der Waals surface area contributed by atoms with E-state index in [2.05, 4.69) is 18.9 Å². The Bertz CT molecular complexity index is 907. The summed E-state index contributed by atoms with van der Waals surface area (Å²) in [6, 6.07) is 5.46. The van der Waals surface area contributed by atoms with Crippen LogP contribution in [-0.4, -0.2) is 38.1 Å². The van der Waals surface area contributed by atoms with Gasteiger partial charge >= 0.3 is 0 Å². The highest BCUT2D eigenvalue weighted by Gasteiger charge is 2.29. The molecule has 3 rings (SSSR count). The van der Waals surface area contributed by atoms with Crippen molar-refractivity contribution in [2.75, 3.05) is 12.3 Å². The first-order valence-electron chi connectivity index (χ1n) is 8.76. The molecule has 0 unspecified atom stereocenters. The second kappa shape index (κ2) is 8.25. The summed E-state index contributed by atoms with van der Waals surface area (Å²) in [7, 11) is 0. The van der Waals surface area contributed by atoms with Crippen molar-refractivity contribution in [1.29, 1.82) is 0 Å². The van der Waals surface area contributed by atoms with Crippen molar-refractivity contribution in [2.24, 2.45) is 10.9 Å². The van der Waals surface area contributed by atoms with Crippen LogP contribution in [0.3, 0.4) is 0 Å². The maximum absolute atomic E-state index is 12.2. The first-order chi connectivity index (χ1) is 12.8. The van der Waals surface area contributed by atoms with E-state index in [9.17, 15) is 4.79 Å². The number of benzene rings is 1. The van der Waals surface area contributed by atoms with Gasteiger partial charge in [-0.3, -0.25) is 14.4 Å². The Balaban J connectivity index is 1.90. The van der Waals surface area contributed by atoms with E-state index in [1.165, 1.54) is 11.8 Å². The zero-order chi connectivity index (χ0) is 19.7. The molecule has 1 aromatic carbocycles. The summed E-state index contributed by atoms with van der Waals surface area (Å²) in [6.45, 7) is 9.32. The van der Waals surface area contributed by atoms with E-state index in [-0.39, 0.29) is 5.91 Å². The van der Waals surface area contributed by atoms with E-state index < -0.39 is 0 Å². The van der Waals surface area contributed by atoms with Crippen molar-refractivity contribution in [2.45, 2.75) is 34.2 Å². The Kier molecular flexibility index (Phi) is 6.18. The minimum atomic E-state index is 0.114. The van der Waals surface area contributed by atoms with Crippen molar-refractivity contribution in [3.8, 4) is 0 Å². The van der Waals surface area contributed by atoms with Crippen LogP contribution in [-0.2, 0) is 11.3 Å². The molecule has 8 heteroatoms. The minimum absolute atomic E-state index is 0.114. The molecule has 0 N–H and O–H groups in total. The number of amides is 1. The summed E-state index contributed by atoms with van der Waals surface area (Å²) in [5, 5.41) is 6.60. The van der Waals surface area contributed by atoms with Crippen molar-refractivity contribution in [3.63, 3.8) is 0 Å². The van der Waals surface area contributed by atoms with Gasteiger partial charge in [0, 0.05) is 16.6 Å². The van der Waals surface area contributed by atoms with Crippen LogP contribution in [0.2, 0.25) is 10.0 Å². The van der Waals surface area contributed by atoms with Crippen LogP contribution in [0.1, 0.15) is 30.8 Å². The number of carbonyl (C=O) groups is 1. The Labute approximate surface area is 173 Å². The number of thioether (sulfide) groups is 1. The molecule has 2 aromatic rings. The Morgan fingerprint density at radius 3 is 2.70 bits per heavy atom. The quantitative estimate of drug-likeness (QED) is 0.672. The lowest BCUT2D eigenvalue weighted by Gasteiger charge is -2.18. The maximum atomic E-state index is 12.2. The molecule has 0 spiro atoms. The number of hydrogen-bond donors (Lipinski definition) is 0. The normalized spacial score (nSPS) is 16.2. The Morgan fingerprint density at radius 1 is 1.30 bits per heavy atom. The maximum Gasteiger partial charge on any atom is 0.239 e. The van der Waals surface area contributed by atoms with Crippen LogP contribution in [0.25, 0.3) is 0 Å². The Hall–Kier alpha value is -1.50. The summed E-state index contributed by atoms with van der Waals surface area (Å²) in [6.07, 6.45) is 0. The van der Waals surface area contributed by atoms with Crippen molar-refractivity contribution < 1.29 is 4.79 Å². The van der Waals surface area contributed by atoms with Gasteiger partial charge in [-0.15, -0.1) is 0 Å². The summed E-state index contributed by atoms with van der Waals surface area (Å²) in [5.41, 5.74) is 3.52. The number of carbonyl (C=O) groups excluding carboxylic acids is 1. The van der Waals surface area contributed by atoms with Crippen molar-refractivity contribution >= 4 is 51.7 Å². The molecule has 1 saturated heterocycles. The number of nitrogens with zero attached hydrogens (tertiary/aromatic N) is 4. The lowest BCUT2D eigenvalue weighted by molar-refractivity contribution is -0.124. The molecular formula is C19H22Cl2N4OS. The van der Waals surface area contributed by atoms with Gasteiger partial charge in [-0.1, -0.05) is 54.9 Å². The van der Waals surface area contributed by atoms with Crippen molar-refractivity contribution in [1.82, 2.24) is 14.7 Å². The topological polar surface area (TPSA) is 50.5 Å². The van der Waals surface area contributed by atoms with Gasteiger partial charge in [-0.05, 0) is 37.5 Å². The van der Waals surface area contributed by atoms with E-state index in [0.717, 1.165) is 27.8 Å². The molecule has 0 atom stereocenters. The second-order valence-corrected chi connectivity index (χ2v) is 8.78. The van der Waals surface area contributed by atoms with Gasteiger partial charge in [0.05, 0.1) is 23.7 Å². The molecule has 0 bridgehead atoms. The number of aromatic nitrogens is 2. The third-order valence-corrected chi connectivity index (χ3v) is 5.84. The fraction of sp³-hybridized carbons (Fsp3) is 0.421. The van der Waals surface area contributed by atoms with E-state index in [0.29, 0.717) is 34.8 Å². The van der Waals surface area contributed by atoms with E-state index in [1.807, 2.05) is 30.7 Å². The smallest absolute Gasteiger partial charge is 0.239 e.